The number of hydrogen-bond donors (Lipinski definition) is 1. The minimum atomic E-state index is -0.273. The van der Waals surface area contributed by atoms with Crippen LogP contribution in [0.1, 0.15) is 16.7 Å². The molecule has 25 heavy (non-hydrogen) atoms. The molecule has 0 amide bonds. The Balaban J connectivity index is 0.00000225. The van der Waals surface area contributed by atoms with Gasteiger partial charge in [-0.15, -0.1) is 17.0 Å². The largest absolute Gasteiger partial charge is 0.507 e. The van der Waals surface area contributed by atoms with Crippen molar-refractivity contribution in [2.45, 2.75) is 6.92 Å². The highest BCUT2D eigenvalue weighted by molar-refractivity contribution is 8.93. The summed E-state index contributed by atoms with van der Waals surface area (Å²) in [5, 5.41) is 10.3. The highest BCUT2D eigenvalue weighted by Crippen LogP contribution is 2.32. The molecule has 0 radical (unpaired) electrons. The molecule has 1 aliphatic rings. The van der Waals surface area contributed by atoms with Crippen molar-refractivity contribution in [3.05, 3.63) is 95.0 Å². The molecule has 1 N–H and O–H groups in total. The fourth-order valence-electron chi connectivity index (χ4n) is 2.68. The van der Waals surface area contributed by atoms with Gasteiger partial charge in [0.15, 0.2) is 0 Å². The van der Waals surface area contributed by atoms with E-state index in [1.54, 1.807) is 18.2 Å². The number of likely N-dealkylation sites (N-methyl/N-ethyl adjacent to an activating group) is 1. The van der Waals surface area contributed by atoms with Gasteiger partial charge in [-0.1, -0.05) is 29.8 Å². The zero-order chi connectivity index (χ0) is 17.1. The van der Waals surface area contributed by atoms with E-state index in [1.165, 1.54) is 12.1 Å². The molecule has 2 nitrogen and oxygen atoms in total. The van der Waals surface area contributed by atoms with Gasteiger partial charge in [0.25, 0.3) is 0 Å². The number of aryl methyl sites for hydroxylation is 1. The lowest BCUT2D eigenvalue weighted by molar-refractivity contribution is 0.473. The Bertz CT molecular complexity index is 837. The van der Waals surface area contributed by atoms with E-state index in [0.717, 1.165) is 34.4 Å². The SMILES string of the molecule is Br.Cc1ccc(O)c(/C(=C/C2=CCN(C)C=C2)c2ccc(F)cc2)c1. The zero-order valence-electron chi connectivity index (χ0n) is 14.2. The van der Waals surface area contributed by atoms with Crippen molar-refractivity contribution in [1.82, 2.24) is 4.90 Å². The lowest BCUT2D eigenvalue weighted by Crippen LogP contribution is -2.13. The van der Waals surface area contributed by atoms with Gasteiger partial charge in [-0.2, -0.15) is 0 Å². The standard InChI is InChI=1S/C21H20FNO.BrH/c1-15-3-8-21(24)20(13-15)19(17-4-6-18(22)7-5-17)14-16-9-11-23(2)12-10-16;/h3-11,13-14,24H,12H2,1-2H3;1H/b19-14+;. The highest BCUT2D eigenvalue weighted by Gasteiger charge is 2.12. The Labute approximate surface area is 158 Å². The van der Waals surface area contributed by atoms with Crippen molar-refractivity contribution in [1.29, 1.82) is 0 Å². The lowest BCUT2D eigenvalue weighted by Gasteiger charge is -2.17. The molecule has 0 saturated carbocycles. The third kappa shape index (κ3) is 4.60. The fourth-order valence-corrected chi connectivity index (χ4v) is 2.68. The normalized spacial score (nSPS) is 14.1. The van der Waals surface area contributed by atoms with E-state index in [2.05, 4.69) is 11.0 Å². The van der Waals surface area contributed by atoms with Gasteiger partial charge >= 0.3 is 0 Å². The Kier molecular flexibility index (Phi) is 6.21. The number of benzene rings is 2. The predicted octanol–water partition coefficient (Wildman–Crippen LogP) is 5.23. The van der Waals surface area contributed by atoms with Crippen LogP contribution in [-0.4, -0.2) is 23.6 Å². The van der Waals surface area contributed by atoms with Gasteiger partial charge in [0.05, 0.1) is 0 Å². The molecule has 2 aromatic rings. The van der Waals surface area contributed by atoms with E-state index in [0.29, 0.717) is 0 Å². The molecule has 0 fully saturated rings. The summed E-state index contributed by atoms with van der Waals surface area (Å²) in [4.78, 5) is 2.08. The summed E-state index contributed by atoms with van der Waals surface area (Å²) in [6.45, 7) is 2.82. The first kappa shape index (κ1) is 19.0. The van der Waals surface area contributed by atoms with E-state index < -0.39 is 0 Å². The molecule has 130 valence electrons. The third-order valence-corrected chi connectivity index (χ3v) is 4.04. The lowest BCUT2D eigenvalue weighted by atomic mass is 9.93. The summed E-state index contributed by atoms with van der Waals surface area (Å²) >= 11 is 0. The van der Waals surface area contributed by atoms with E-state index >= 15 is 0 Å². The van der Waals surface area contributed by atoms with Crippen LogP contribution in [0.25, 0.3) is 5.57 Å². The van der Waals surface area contributed by atoms with E-state index in [1.807, 2.05) is 44.5 Å². The second-order valence-electron chi connectivity index (χ2n) is 6.04. The summed E-state index contributed by atoms with van der Waals surface area (Å²) in [7, 11) is 2.01. The van der Waals surface area contributed by atoms with Crippen LogP contribution in [0.4, 0.5) is 4.39 Å². The molecule has 2 aromatic carbocycles. The van der Waals surface area contributed by atoms with Gasteiger partial charge in [-0.3, -0.25) is 0 Å². The van der Waals surface area contributed by atoms with Gasteiger partial charge in [-0.25, -0.2) is 4.39 Å². The summed E-state index contributed by atoms with van der Waals surface area (Å²) in [6.07, 6.45) is 8.20. The highest BCUT2D eigenvalue weighted by atomic mass is 79.9. The zero-order valence-corrected chi connectivity index (χ0v) is 16.0. The molecule has 0 aromatic heterocycles. The van der Waals surface area contributed by atoms with Crippen LogP contribution >= 0.6 is 17.0 Å². The number of hydrogen-bond acceptors (Lipinski definition) is 2. The van der Waals surface area contributed by atoms with Crippen molar-refractivity contribution < 1.29 is 9.50 Å². The first-order valence-electron chi connectivity index (χ1n) is 7.89. The van der Waals surface area contributed by atoms with Crippen molar-refractivity contribution in [2.24, 2.45) is 0 Å². The number of phenols is 1. The molecule has 3 rings (SSSR count). The molecular formula is C21H21BrFNO. The molecule has 4 heteroatoms. The molecule has 0 atom stereocenters. The second-order valence-corrected chi connectivity index (χ2v) is 6.04. The molecule has 1 aliphatic heterocycles. The predicted molar refractivity (Wildman–Crippen MR) is 106 cm³/mol. The Morgan fingerprint density at radius 2 is 1.88 bits per heavy atom. The molecule has 0 aliphatic carbocycles. The Hall–Kier alpha value is -2.33. The number of nitrogens with zero attached hydrogens (tertiary/aromatic N) is 1. The van der Waals surface area contributed by atoms with Crippen LogP contribution in [0.2, 0.25) is 0 Å². The molecule has 0 spiro atoms. The Morgan fingerprint density at radius 3 is 2.52 bits per heavy atom. The van der Waals surface area contributed by atoms with Crippen molar-refractivity contribution >= 4 is 22.6 Å². The van der Waals surface area contributed by atoms with Crippen LogP contribution in [0.15, 0.2) is 72.5 Å². The smallest absolute Gasteiger partial charge is 0.123 e. The number of rotatable bonds is 3. The van der Waals surface area contributed by atoms with Crippen molar-refractivity contribution in [2.75, 3.05) is 13.6 Å². The van der Waals surface area contributed by atoms with Crippen molar-refractivity contribution in [3.8, 4) is 5.75 Å². The molecule has 0 saturated heterocycles. The van der Waals surface area contributed by atoms with Crippen LogP contribution in [0.5, 0.6) is 5.75 Å². The topological polar surface area (TPSA) is 23.5 Å². The van der Waals surface area contributed by atoms with Gasteiger partial charge in [0, 0.05) is 19.2 Å². The molecule has 1 heterocycles. The maximum absolute atomic E-state index is 13.3. The van der Waals surface area contributed by atoms with Crippen LogP contribution in [0.3, 0.4) is 0 Å². The van der Waals surface area contributed by atoms with Gasteiger partial charge in [-0.05, 0) is 66.3 Å². The number of phenolic OH excluding ortho intramolecular Hbond substituents is 1. The van der Waals surface area contributed by atoms with Crippen LogP contribution < -0.4 is 0 Å². The monoisotopic (exact) mass is 401 g/mol. The minimum absolute atomic E-state index is 0. The van der Waals surface area contributed by atoms with E-state index in [9.17, 15) is 9.50 Å². The second kappa shape index (κ2) is 8.17. The molecular weight excluding hydrogens is 381 g/mol. The van der Waals surface area contributed by atoms with E-state index in [-0.39, 0.29) is 28.5 Å². The third-order valence-electron chi connectivity index (χ3n) is 4.04. The van der Waals surface area contributed by atoms with Crippen LogP contribution in [0, 0.1) is 12.7 Å². The van der Waals surface area contributed by atoms with E-state index in [4.69, 9.17) is 0 Å². The summed E-state index contributed by atoms with van der Waals surface area (Å²) < 4.78 is 13.3. The average Bonchev–Trinajstić information content (AvgIpc) is 2.58. The van der Waals surface area contributed by atoms with Gasteiger partial charge < -0.3 is 10.0 Å². The minimum Gasteiger partial charge on any atom is -0.507 e. The first-order chi connectivity index (χ1) is 11.5. The summed E-state index contributed by atoms with van der Waals surface area (Å²) in [6, 6.07) is 11.9. The Morgan fingerprint density at radius 1 is 1.16 bits per heavy atom. The first-order valence-corrected chi connectivity index (χ1v) is 7.89. The summed E-state index contributed by atoms with van der Waals surface area (Å²) in [5.41, 5.74) is 4.61. The number of allylic oxidation sites excluding steroid dienone is 3. The van der Waals surface area contributed by atoms with Crippen LogP contribution in [-0.2, 0) is 0 Å². The number of aromatic hydroxyl groups is 1. The summed E-state index contributed by atoms with van der Waals surface area (Å²) in [5.74, 6) is -0.0568. The maximum atomic E-state index is 13.3. The average molecular weight is 402 g/mol. The fraction of sp³-hybridized carbons (Fsp3) is 0.143. The van der Waals surface area contributed by atoms with Crippen molar-refractivity contribution in [3.63, 3.8) is 0 Å². The maximum Gasteiger partial charge on any atom is 0.123 e. The quantitative estimate of drug-likeness (QED) is 0.760. The van der Waals surface area contributed by atoms with Gasteiger partial charge in [0.1, 0.15) is 11.6 Å². The number of halogens is 2. The molecule has 0 unspecified atom stereocenters. The molecule has 0 bridgehead atoms. The van der Waals surface area contributed by atoms with Gasteiger partial charge in [0.2, 0.25) is 0 Å².